The average molecular weight is 279 g/mol. The van der Waals surface area contributed by atoms with Crippen LogP contribution in [0.4, 0.5) is 0 Å². The highest BCUT2D eigenvalue weighted by Crippen LogP contribution is 2.45. The molecule has 1 saturated heterocycles. The van der Waals surface area contributed by atoms with Gasteiger partial charge < -0.3 is 10.1 Å². The van der Waals surface area contributed by atoms with Crippen LogP contribution < -0.4 is 5.32 Å². The number of morpholine rings is 1. The molecule has 1 aliphatic carbocycles. The SMILES string of the molecule is Cc1n[nH]nc1C(=O)NCC1(CN2CCOCC2)CC1. The first-order valence-electron chi connectivity index (χ1n) is 7.14. The van der Waals surface area contributed by atoms with Gasteiger partial charge in [-0.3, -0.25) is 9.69 Å². The van der Waals surface area contributed by atoms with Crippen molar-refractivity contribution in [2.75, 3.05) is 39.4 Å². The minimum Gasteiger partial charge on any atom is -0.379 e. The number of nitrogens with one attached hydrogen (secondary N) is 2. The second kappa shape index (κ2) is 5.49. The van der Waals surface area contributed by atoms with E-state index in [2.05, 4.69) is 25.6 Å². The van der Waals surface area contributed by atoms with Gasteiger partial charge in [-0.1, -0.05) is 0 Å². The quantitative estimate of drug-likeness (QED) is 0.790. The first-order chi connectivity index (χ1) is 9.69. The Labute approximate surface area is 118 Å². The first kappa shape index (κ1) is 13.5. The Hall–Kier alpha value is -1.47. The number of aromatic amines is 1. The van der Waals surface area contributed by atoms with Crippen molar-refractivity contribution in [1.82, 2.24) is 25.6 Å². The summed E-state index contributed by atoms with van der Waals surface area (Å²) in [6, 6.07) is 0. The summed E-state index contributed by atoms with van der Waals surface area (Å²) in [5.74, 6) is -0.135. The predicted octanol–water partition coefficient (Wildman–Crippen LogP) is -0.0447. The van der Waals surface area contributed by atoms with E-state index in [-0.39, 0.29) is 11.3 Å². The minimum atomic E-state index is -0.135. The Morgan fingerprint density at radius 3 is 2.75 bits per heavy atom. The summed E-state index contributed by atoms with van der Waals surface area (Å²) >= 11 is 0. The predicted molar refractivity (Wildman–Crippen MR) is 72.4 cm³/mol. The van der Waals surface area contributed by atoms with Crippen LogP contribution in [0.5, 0.6) is 0 Å². The van der Waals surface area contributed by atoms with Gasteiger partial charge in [-0.05, 0) is 19.8 Å². The maximum absolute atomic E-state index is 12.0. The second-order valence-corrected chi connectivity index (χ2v) is 5.83. The fourth-order valence-corrected chi connectivity index (χ4v) is 2.65. The third kappa shape index (κ3) is 2.99. The Balaban J connectivity index is 1.50. The summed E-state index contributed by atoms with van der Waals surface area (Å²) in [7, 11) is 0. The highest BCUT2D eigenvalue weighted by atomic mass is 16.5. The van der Waals surface area contributed by atoms with Gasteiger partial charge in [0.2, 0.25) is 0 Å². The van der Waals surface area contributed by atoms with E-state index in [0.29, 0.717) is 11.4 Å². The molecule has 3 rings (SSSR count). The number of aromatic nitrogens is 3. The van der Waals surface area contributed by atoms with Gasteiger partial charge in [0.05, 0.1) is 18.9 Å². The standard InChI is InChI=1S/C13H21N5O2/c1-10-11(16-17-15-10)12(19)14-8-13(2-3-13)9-18-4-6-20-7-5-18/h2-9H2,1H3,(H,14,19)(H,15,16,17). The van der Waals surface area contributed by atoms with E-state index >= 15 is 0 Å². The number of carbonyl (C=O) groups is 1. The summed E-state index contributed by atoms with van der Waals surface area (Å²) in [5.41, 5.74) is 1.29. The molecular formula is C13H21N5O2. The molecule has 1 amide bonds. The van der Waals surface area contributed by atoms with E-state index in [4.69, 9.17) is 4.74 Å². The smallest absolute Gasteiger partial charge is 0.273 e. The topological polar surface area (TPSA) is 83.1 Å². The van der Waals surface area contributed by atoms with E-state index in [1.54, 1.807) is 6.92 Å². The van der Waals surface area contributed by atoms with Crippen LogP contribution in [0.15, 0.2) is 0 Å². The van der Waals surface area contributed by atoms with Gasteiger partial charge in [0.1, 0.15) is 0 Å². The molecule has 2 fully saturated rings. The van der Waals surface area contributed by atoms with Crippen molar-refractivity contribution in [3.05, 3.63) is 11.4 Å². The lowest BCUT2D eigenvalue weighted by atomic mass is 10.1. The average Bonchev–Trinajstić information content (AvgIpc) is 3.08. The maximum atomic E-state index is 12.0. The number of H-pyrrole nitrogens is 1. The number of rotatable bonds is 5. The maximum Gasteiger partial charge on any atom is 0.273 e. The number of hydrogen-bond acceptors (Lipinski definition) is 5. The van der Waals surface area contributed by atoms with Crippen molar-refractivity contribution in [3.63, 3.8) is 0 Å². The molecular weight excluding hydrogens is 258 g/mol. The molecule has 7 heteroatoms. The van der Waals surface area contributed by atoms with Gasteiger partial charge >= 0.3 is 0 Å². The van der Waals surface area contributed by atoms with Gasteiger partial charge in [0, 0.05) is 31.6 Å². The highest BCUT2D eigenvalue weighted by molar-refractivity contribution is 5.93. The van der Waals surface area contributed by atoms with Crippen molar-refractivity contribution in [1.29, 1.82) is 0 Å². The fraction of sp³-hybridized carbons (Fsp3) is 0.769. The Morgan fingerprint density at radius 2 is 2.15 bits per heavy atom. The summed E-state index contributed by atoms with van der Waals surface area (Å²) in [4.78, 5) is 14.5. The molecule has 2 N–H and O–H groups in total. The summed E-state index contributed by atoms with van der Waals surface area (Å²) in [6.45, 7) is 7.18. The number of hydrogen-bond donors (Lipinski definition) is 2. The Bertz CT molecular complexity index is 477. The lowest BCUT2D eigenvalue weighted by molar-refractivity contribution is 0.0283. The van der Waals surface area contributed by atoms with E-state index in [0.717, 1.165) is 39.4 Å². The molecule has 0 bridgehead atoms. The molecule has 0 radical (unpaired) electrons. The highest BCUT2D eigenvalue weighted by Gasteiger charge is 2.44. The monoisotopic (exact) mass is 279 g/mol. The van der Waals surface area contributed by atoms with Gasteiger partial charge in [-0.25, -0.2) is 0 Å². The van der Waals surface area contributed by atoms with E-state index in [9.17, 15) is 4.79 Å². The largest absolute Gasteiger partial charge is 0.379 e. The number of nitrogens with zero attached hydrogens (tertiary/aromatic N) is 3. The molecule has 1 aromatic heterocycles. The molecule has 0 aromatic carbocycles. The summed E-state index contributed by atoms with van der Waals surface area (Å²) < 4.78 is 5.36. The first-order valence-corrected chi connectivity index (χ1v) is 7.14. The fourth-order valence-electron chi connectivity index (χ4n) is 2.65. The van der Waals surface area contributed by atoms with E-state index < -0.39 is 0 Å². The molecule has 0 spiro atoms. The summed E-state index contributed by atoms with van der Waals surface area (Å²) in [5, 5.41) is 13.2. The molecule has 0 unspecified atom stereocenters. The van der Waals surface area contributed by atoms with Gasteiger partial charge in [-0.2, -0.15) is 15.4 Å². The van der Waals surface area contributed by atoms with Crippen molar-refractivity contribution in [2.45, 2.75) is 19.8 Å². The van der Waals surface area contributed by atoms with Crippen molar-refractivity contribution in [2.24, 2.45) is 5.41 Å². The zero-order valence-electron chi connectivity index (χ0n) is 11.8. The van der Waals surface area contributed by atoms with Crippen LogP contribution in [-0.2, 0) is 4.74 Å². The molecule has 110 valence electrons. The molecule has 20 heavy (non-hydrogen) atoms. The van der Waals surface area contributed by atoms with Crippen LogP contribution in [0.3, 0.4) is 0 Å². The van der Waals surface area contributed by atoms with Crippen LogP contribution in [0.25, 0.3) is 0 Å². The number of aryl methyl sites for hydroxylation is 1. The molecule has 0 atom stereocenters. The Kier molecular flexibility index (Phi) is 3.71. The molecule has 1 aliphatic heterocycles. The molecule has 2 heterocycles. The molecule has 1 aromatic rings. The molecule has 2 aliphatic rings. The van der Waals surface area contributed by atoms with Crippen LogP contribution >= 0.6 is 0 Å². The number of carbonyl (C=O) groups excluding carboxylic acids is 1. The zero-order valence-corrected chi connectivity index (χ0v) is 11.8. The molecule has 7 nitrogen and oxygen atoms in total. The Morgan fingerprint density at radius 1 is 1.40 bits per heavy atom. The van der Waals surface area contributed by atoms with Crippen LogP contribution in [0.1, 0.15) is 29.0 Å². The summed E-state index contributed by atoms with van der Waals surface area (Å²) in [6.07, 6.45) is 2.37. The lowest BCUT2D eigenvalue weighted by Gasteiger charge is -2.30. The van der Waals surface area contributed by atoms with Gasteiger partial charge in [0.25, 0.3) is 5.91 Å². The van der Waals surface area contributed by atoms with Crippen molar-refractivity contribution < 1.29 is 9.53 Å². The minimum absolute atomic E-state index is 0.135. The second-order valence-electron chi connectivity index (χ2n) is 5.83. The van der Waals surface area contributed by atoms with Crippen molar-refractivity contribution >= 4 is 5.91 Å². The number of ether oxygens (including phenoxy) is 1. The van der Waals surface area contributed by atoms with Crippen LogP contribution in [0.2, 0.25) is 0 Å². The number of amides is 1. The van der Waals surface area contributed by atoms with E-state index in [1.165, 1.54) is 12.8 Å². The van der Waals surface area contributed by atoms with Crippen LogP contribution in [0, 0.1) is 12.3 Å². The normalized spacial score (nSPS) is 21.6. The van der Waals surface area contributed by atoms with Crippen molar-refractivity contribution in [3.8, 4) is 0 Å². The third-order valence-electron chi connectivity index (χ3n) is 4.18. The van der Waals surface area contributed by atoms with Gasteiger partial charge in [-0.15, -0.1) is 0 Å². The lowest BCUT2D eigenvalue weighted by Crippen LogP contribution is -2.43. The molecule has 1 saturated carbocycles. The van der Waals surface area contributed by atoms with E-state index in [1.807, 2.05) is 0 Å². The third-order valence-corrected chi connectivity index (χ3v) is 4.18. The zero-order chi connectivity index (χ0) is 14.0. The van der Waals surface area contributed by atoms with Crippen LogP contribution in [-0.4, -0.2) is 65.6 Å². The van der Waals surface area contributed by atoms with Gasteiger partial charge in [0.15, 0.2) is 5.69 Å².